The molecule has 2 bridgehead atoms. The number of aromatic nitrogens is 2. The third-order valence-corrected chi connectivity index (χ3v) is 3.75. The van der Waals surface area contributed by atoms with Gasteiger partial charge in [0, 0.05) is 19.7 Å². The Bertz CT molecular complexity index is 731. The van der Waals surface area contributed by atoms with E-state index < -0.39 is 22.5 Å². The van der Waals surface area contributed by atoms with E-state index in [1.165, 1.54) is 18.3 Å². The molecular formula is C11H18N6O6S. The van der Waals surface area contributed by atoms with Crippen molar-refractivity contribution in [2.75, 3.05) is 20.7 Å². The minimum absolute atomic E-state index is 0.313. The fourth-order valence-electron chi connectivity index (χ4n) is 2.41. The molecule has 0 radical (unpaired) electrons. The van der Waals surface area contributed by atoms with Crippen LogP contribution in [0.2, 0.25) is 0 Å². The first-order chi connectivity index (χ1) is 11.3. The number of nitrogens with zero attached hydrogens (tertiary/aromatic N) is 5. The molecule has 1 unspecified atom stereocenters. The Labute approximate surface area is 138 Å². The summed E-state index contributed by atoms with van der Waals surface area (Å²) in [6.07, 6.45) is 3.02. The summed E-state index contributed by atoms with van der Waals surface area (Å²) < 4.78 is 36.1. The Morgan fingerprint density at radius 1 is 1.54 bits per heavy atom. The van der Waals surface area contributed by atoms with E-state index in [1.54, 1.807) is 25.0 Å². The van der Waals surface area contributed by atoms with Gasteiger partial charge in [0.15, 0.2) is 0 Å². The third kappa shape index (κ3) is 3.81. The van der Waals surface area contributed by atoms with Crippen molar-refractivity contribution in [1.82, 2.24) is 25.2 Å². The molecule has 2 aliphatic heterocycles. The van der Waals surface area contributed by atoms with Gasteiger partial charge in [-0.2, -0.15) is 18.6 Å². The van der Waals surface area contributed by atoms with Crippen LogP contribution in [0, 0.1) is 0 Å². The largest absolute Gasteiger partial charge is 0.418 e. The highest BCUT2D eigenvalue weighted by Gasteiger charge is 2.47. The molecule has 0 aromatic carbocycles. The lowest BCUT2D eigenvalue weighted by Crippen LogP contribution is -2.32. The fraction of sp³-hybridized carbons (Fsp3) is 0.545. The number of urea groups is 1. The van der Waals surface area contributed by atoms with Crippen molar-refractivity contribution in [3.05, 3.63) is 17.5 Å². The van der Waals surface area contributed by atoms with E-state index in [0.29, 0.717) is 18.2 Å². The third-order valence-electron chi connectivity index (χ3n) is 3.40. The second-order valence-corrected chi connectivity index (χ2v) is 5.89. The lowest BCUT2D eigenvalue weighted by Gasteiger charge is -2.21. The normalized spacial score (nSPS) is 19.3. The topological polar surface area (TPSA) is 139 Å². The first kappa shape index (κ1) is 18.1. The van der Waals surface area contributed by atoms with Gasteiger partial charge in [-0.3, -0.25) is 24.5 Å². The number of carbonyl (C=O) groups excluding carboxylic acids is 1. The zero-order valence-electron chi connectivity index (χ0n) is 13.3. The van der Waals surface area contributed by atoms with Crippen LogP contribution in [-0.4, -0.2) is 65.8 Å². The summed E-state index contributed by atoms with van der Waals surface area (Å²) in [5, 5.41) is 4.73. The SMILES string of the molecule is CN=CNOC.Cn1ncc2c1CN1CC2N(OS(=O)(=O)O)C1=O. The van der Waals surface area contributed by atoms with Gasteiger partial charge in [-0.05, 0) is 0 Å². The average Bonchev–Trinajstić information content (AvgIpc) is 3.00. The molecule has 3 rings (SSSR count). The van der Waals surface area contributed by atoms with Crippen molar-refractivity contribution in [2.24, 2.45) is 12.0 Å². The molecule has 1 saturated heterocycles. The maximum absolute atomic E-state index is 11.9. The molecule has 1 aromatic heterocycles. The fourth-order valence-corrected chi connectivity index (χ4v) is 2.78. The summed E-state index contributed by atoms with van der Waals surface area (Å²) in [4.78, 5) is 21.2. The summed E-state index contributed by atoms with van der Waals surface area (Å²) in [6, 6.07) is -1.16. The molecule has 1 aromatic rings. The number of hydrogen-bond donors (Lipinski definition) is 2. The van der Waals surface area contributed by atoms with Gasteiger partial charge >= 0.3 is 16.4 Å². The molecule has 24 heavy (non-hydrogen) atoms. The number of aryl methyl sites for hydroxylation is 1. The Morgan fingerprint density at radius 3 is 2.79 bits per heavy atom. The van der Waals surface area contributed by atoms with Gasteiger partial charge in [0.2, 0.25) is 0 Å². The smallest absolute Gasteiger partial charge is 0.314 e. The minimum Gasteiger partial charge on any atom is -0.314 e. The molecule has 2 N–H and O–H groups in total. The van der Waals surface area contributed by atoms with E-state index in [-0.39, 0.29) is 0 Å². The predicted molar refractivity (Wildman–Crippen MR) is 80.8 cm³/mol. The molecule has 3 heterocycles. The number of amides is 2. The Kier molecular flexibility index (Phi) is 5.38. The van der Waals surface area contributed by atoms with Crippen molar-refractivity contribution >= 4 is 22.8 Å². The summed E-state index contributed by atoms with van der Waals surface area (Å²) in [6.45, 7) is 0.652. The number of fused-ring (bicyclic) bond motifs is 4. The van der Waals surface area contributed by atoms with Crippen LogP contribution < -0.4 is 5.48 Å². The van der Waals surface area contributed by atoms with Crippen LogP contribution in [0.4, 0.5) is 4.79 Å². The summed E-state index contributed by atoms with van der Waals surface area (Å²) in [5.41, 5.74) is 3.95. The zero-order chi connectivity index (χ0) is 17.9. The quantitative estimate of drug-likeness (QED) is 0.308. The number of hydroxylamine groups is 3. The first-order valence-electron chi connectivity index (χ1n) is 6.73. The van der Waals surface area contributed by atoms with E-state index in [4.69, 9.17) is 4.55 Å². The van der Waals surface area contributed by atoms with Gasteiger partial charge in [-0.1, -0.05) is 0 Å². The standard InChI is InChI=1S/C8H10N4O5S.C3H8N2O/c1-10-6-3-11-4-7(5(6)2-9-10)12(8(11)13)17-18(14,15)16;1-4-3-5-6-2/h2,7H,3-4H2,1H3,(H,14,15,16);3H,1-2H3,(H,4,5). The molecule has 1 fully saturated rings. The lowest BCUT2D eigenvalue weighted by atomic mass is 10.1. The van der Waals surface area contributed by atoms with E-state index in [2.05, 4.69) is 24.7 Å². The molecule has 1 atom stereocenters. The summed E-state index contributed by atoms with van der Waals surface area (Å²) in [5.74, 6) is 0. The Morgan fingerprint density at radius 2 is 2.25 bits per heavy atom. The average molecular weight is 362 g/mol. The monoisotopic (exact) mass is 362 g/mol. The Hall–Kier alpha value is -2.22. The van der Waals surface area contributed by atoms with E-state index in [1.807, 2.05) is 0 Å². The van der Waals surface area contributed by atoms with Gasteiger partial charge in [0.1, 0.15) is 12.4 Å². The molecule has 0 aliphatic carbocycles. The molecule has 134 valence electrons. The van der Waals surface area contributed by atoms with Gasteiger partial charge in [0.25, 0.3) is 0 Å². The van der Waals surface area contributed by atoms with E-state index in [0.717, 1.165) is 11.3 Å². The van der Waals surface area contributed by atoms with E-state index in [9.17, 15) is 13.2 Å². The second-order valence-electron chi connectivity index (χ2n) is 4.89. The van der Waals surface area contributed by atoms with Crippen molar-refractivity contribution in [3.8, 4) is 0 Å². The van der Waals surface area contributed by atoms with Gasteiger partial charge in [-0.15, -0.1) is 4.28 Å². The highest BCUT2D eigenvalue weighted by atomic mass is 32.3. The zero-order valence-corrected chi connectivity index (χ0v) is 14.1. The minimum atomic E-state index is -4.72. The van der Waals surface area contributed by atoms with Gasteiger partial charge in [0.05, 0.1) is 32.1 Å². The van der Waals surface area contributed by atoms with Crippen molar-refractivity contribution in [2.45, 2.75) is 12.6 Å². The number of aliphatic imine (C=N–C) groups is 1. The maximum atomic E-state index is 11.9. The van der Waals surface area contributed by atoms with Gasteiger partial charge in [-0.25, -0.2) is 4.79 Å². The lowest BCUT2D eigenvalue weighted by molar-refractivity contribution is -0.0316. The molecule has 2 amide bonds. The summed E-state index contributed by atoms with van der Waals surface area (Å²) in [7, 11) is 0.204. The summed E-state index contributed by atoms with van der Waals surface area (Å²) >= 11 is 0. The highest BCUT2D eigenvalue weighted by molar-refractivity contribution is 7.80. The van der Waals surface area contributed by atoms with Crippen LogP contribution in [0.5, 0.6) is 0 Å². The predicted octanol–water partition coefficient (Wildman–Crippen LogP) is -0.758. The number of nitrogens with one attached hydrogen (secondary N) is 1. The molecule has 0 saturated carbocycles. The van der Waals surface area contributed by atoms with Crippen LogP contribution >= 0.6 is 0 Å². The van der Waals surface area contributed by atoms with Crippen molar-refractivity contribution in [3.63, 3.8) is 0 Å². The Balaban J connectivity index is 0.000000301. The maximum Gasteiger partial charge on any atom is 0.418 e. The van der Waals surface area contributed by atoms with Crippen molar-refractivity contribution < 1.29 is 26.9 Å². The molecule has 2 aliphatic rings. The molecule has 12 nitrogen and oxygen atoms in total. The first-order valence-corrected chi connectivity index (χ1v) is 8.10. The van der Waals surface area contributed by atoms with E-state index >= 15 is 0 Å². The number of hydrogen-bond acceptors (Lipinski definition) is 7. The number of rotatable bonds is 4. The van der Waals surface area contributed by atoms with Crippen LogP contribution in [0.25, 0.3) is 0 Å². The molecule has 13 heteroatoms. The highest BCUT2D eigenvalue weighted by Crippen LogP contribution is 2.37. The van der Waals surface area contributed by atoms with Gasteiger partial charge < -0.3 is 4.90 Å². The van der Waals surface area contributed by atoms with Crippen LogP contribution in [0.15, 0.2) is 11.2 Å². The van der Waals surface area contributed by atoms with Crippen LogP contribution in [0.1, 0.15) is 17.3 Å². The van der Waals surface area contributed by atoms with Crippen LogP contribution in [-0.2, 0) is 33.1 Å². The van der Waals surface area contributed by atoms with Crippen LogP contribution in [0.3, 0.4) is 0 Å². The molecular weight excluding hydrogens is 344 g/mol. The van der Waals surface area contributed by atoms with Crippen molar-refractivity contribution in [1.29, 1.82) is 0 Å². The number of carbonyl (C=O) groups is 1. The second kappa shape index (κ2) is 7.12. The molecule has 0 spiro atoms.